The van der Waals surface area contributed by atoms with Crippen LogP contribution in [0.25, 0.3) is 0 Å². The molecule has 0 rings (SSSR count). The molecule has 0 aliphatic heterocycles. The second kappa shape index (κ2) is 6.96. The molecule has 5 nitrogen and oxygen atoms in total. The molecular formula is C11H23NO4S. The fraction of sp³-hybridized carbons (Fsp3) is 0.909. The van der Waals surface area contributed by atoms with Gasteiger partial charge in [0.05, 0.1) is 12.2 Å². The summed E-state index contributed by atoms with van der Waals surface area (Å²) in [6.07, 6.45) is -0.338. The Bertz CT molecular complexity index is 325. The van der Waals surface area contributed by atoms with E-state index >= 15 is 0 Å². The normalized spacial score (nSPS) is 12.6. The van der Waals surface area contributed by atoms with Gasteiger partial charge in [0.15, 0.2) is 0 Å². The number of nitrogens with zero attached hydrogens (tertiary/aromatic N) is 1. The van der Waals surface area contributed by atoms with E-state index in [0.717, 1.165) is 0 Å². The van der Waals surface area contributed by atoms with Crippen molar-refractivity contribution in [2.45, 2.75) is 34.1 Å². The Labute approximate surface area is 104 Å². The van der Waals surface area contributed by atoms with E-state index in [-0.39, 0.29) is 24.0 Å². The highest BCUT2D eigenvalue weighted by Gasteiger charge is 2.24. The average molecular weight is 265 g/mol. The summed E-state index contributed by atoms with van der Waals surface area (Å²) in [5.41, 5.74) is 0. The lowest BCUT2D eigenvalue weighted by Crippen LogP contribution is -2.38. The van der Waals surface area contributed by atoms with E-state index in [1.165, 1.54) is 4.31 Å². The van der Waals surface area contributed by atoms with E-state index < -0.39 is 16.0 Å². The molecule has 0 aliphatic carbocycles. The topological polar surface area (TPSA) is 74.7 Å². The smallest absolute Gasteiger partial charge is 0.304 e. The molecule has 0 bridgehead atoms. The summed E-state index contributed by atoms with van der Waals surface area (Å²) in [5, 5.41) is 8.54. The van der Waals surface area contributed by atoms with Crippen LogP contribution < -0.4 is 0 Å². The van der Waals surface area contributed by atoms with Gasteiger partial charge in [0.25, 0.3) is 0 Å². The van der Waals surface area contributed by atoms with E-state index in [1.807, 2.05) is 27.7 Å². The summed E-state index contributed by atoms with van der Waals surface area (Å²) in [4.78, 5) is 10.4. The minimum Gasteiger partial charge on any atom is -0.481 e. The Morgan fingerprint density at radius 2 is 1.53 bits per heavy atom. The largest absolute Gasteiger partial charge is 0.481 e. The lowest BCUT2D eigenvalue weighted by Gasteiger charge is -2.25. The minimum atomic E-state index is -3.46. The van der Waals surface area contributed by atoms with Gasteiger partial charge in [-0.1, -0.05) is 27.7 Å². The fourth-order valence-electron chi connectivity index (χ4n) is 1.46. The highest BCUT2D eigenvalue weighted by molar-refractivity contribution is 7.89. The van der Waals surface area contributed by atoms with Gasteiger partial charge in [-0.15, -0.1) is 0 Å². The molecule has 0 saturated heterocycles. The van der Waals surface area contributed by atoms with Crippen LogP contribution in [0, 0.1) is 11.8 Å². The fourth-order valence-corrected chi connectivity index (χ4v) is 3.20. The van der Waals surface area contributed by atoms with Crippen LogP contribution in [0.15, 0.2) is 0 Å². The third-order valence-electron chi connectivity index (χ3n) is 2.10. The number of sulfonamides is 1. The zero-order valence-electron chi connectivity index (χ0n) is 11.0. The molecule has 0 heterocycles. The zero-order valence-corrected chi connectivity index (χ0v) is 11.8. The molecule has 102 valence electrons. The van der Waals surface area contributed by atoms with Crippen molar-refractivity contribution in [3.63, 3.8) is 0 Å². The molecule has 0 atom stereocenters. The minimum absolute atomic E-state index is 0.230. The summed E-state index contributed by atoms with van der Waals surface area (Å²) in [6, 6.07) is 0. The monoisotopic (exact) mass is 265 g/mol. The molecule has 0 amide bonds. The lowest BCUT2D eigenvalue weighted by molar-refractivity contribution is -0.136. The van der Waals surface area contributed by atoms with Gasteiger partial charge in [-0.05, 0) is 11.8 Å². The summed E-state index contributed by atoms with van der Waals surface area (Å²) >= 11 is 0. The first-order chi connectivity index (χ1) is 7.65. The first-order valence-corrected chi connectivity index (χ1v) is 7.45. The SMILES string of the molecule is CC(C)CN(CC(C)C)S(=O)(=O)CCC(=O)O. The van der Waals surface area contributed by atoms with Gasteiger partial charge in [-0.2, -0.15) is 0 Å². The zero-order chi connectivity index (χ0) is 13.6. The van der Waals surface area contributed by atoms with E-state index in [2.05, 4.69) is 0 Å². The van der Waals surface area contributed by atoms with E-state index in [0.29, 0.717) is 13.1 Å². The third kappa shape index (κ3) is 7.33. The number of hydrogen-bond donors (Lipinski definition) is 1. The van der Waals surface area contributed by atoms with Crippen molar-refractivity contribution in [3.8, 4) is 0 Å². The first kappa shape index (κ1) is 16.4. The molecule has 0 spiro atoms. The Hall–Kier alpha value is -0.620. The van der Waals surface area contributed by atoms with Crippen molar-refractivity contribution in [1.29, 1.82) is 0 Å². The molecule has 0 saturated carbocycles. The summed E-state index contributed by atoms with van der Waals surface area (Å²) < 4.78 is 25.3. The second-order valence-corrected chi connectivity index (χ2v) is 7.15. The van der Waals surface area contributed by atoms with Crippen LogP contribution in [0.5, 0.6) is 0 Å². The summed E-state index contributed by atoms with van der Waals surface area (Å²) in [5.74, 6) is -0.939. The molecule has 0 aromatic rings. The summed E-state index contributed by atoms with van der Waals surface area (Å²) in [7, 11) is -3.46. The van der Waals surface area contributed by atoms with Crippen LogP contribution in [0.2, 0.25) is 0 Å². The number of carboxylic acid groups (broad SMARTS) is 1. The van der Waals surface area contributed by atoms with Crippen molar-refractivity contribution in [3.05, 3.63) is 0 Å². The first-order valence-electron chi connectivity index (χ1n) is 5.84. The predicted molar refractivity (Wildman–Crippen MR) is 67.3 cm³/mol. The van der Waals surface area contributed by atoms with Crippen LogP contribution in [0.1, 0.15) is 34.1 Å². The van der Waals surface area contributed by atoms with Gasteiger partial charge in [0.2, 0.25) is 10.0 Å². The van der Waals surface area contributed by atoms with Gasteiger partial charge < -0.3 is 5.11 Å². The Balaban J connectivity index is 4.69. The lowest BCUT2D eigenvalue weighted by atomic mass is 10.2. The van der Waals surface area contributed by atoms with Gasteiger partial charge >= 0.3 is 5.97 Å². The number of aliphatic carboxylic acids is 1. The predicted octanol–water partition coefficient (Wildman–Crippen LogP) is 1.40. The highest BCUT2D eigenvalue weighted by atomic mass is 32.2. The molecule has 0 fully saturated rings. The van der Waals surface area contributed by atoms with Gasteiger partial charge in [-0.25, -0.2) is 12.7 Å². The molecule has 0 radical (unpaired) electrons. The van der Waals surface area contributed by atoms with Crippen molar-refractivity contribution >= 4 is 16.0 Å². The second-order valence-electron chi connectivity index (χ2n) is 5.06. The van der Waals surface area contributed by atoms with Gasteiger partial charge in [0, 0.05) is 13.1 Å². The maximum atomic E-state index is 12.0. The van der Waals surface area contributed by atoms with E-state index in [9.17, 15) is 13.2 Å². The molecule has 0 aromatic heterocycles. The standard InChI is InChI=1S/C11H23NO4S/c1-9(2)7-12(8-10(3)4)17(15,16)6-5-11(13)14/h9-10H,5-8H2,1-4H3,(H,13,14). The molecule has 0 aromatic carbocycles. The van der Waals surface area contributed by atoms with Crippen LogP contribution >= 0.6 is 0 Å². The Kier molecular flexibility index (Phi) is 6.70. The number of carbonyl (C=O) groups is 1. The van der Waals surface area contributed by atoms with Crippen LogP contribution in [0.4, 0.5) is 0 Å². The van der Waals surface area contributed by atoms with E-state index in [4.69, 9.17) is 5.11 Å². The van der Waals surface area contributed by atoms with Gasteiger partial charge in [0.1, 0.15) is 0 Å². The number of hydrogen-bond acceptors (Lipinski definition) is 3. The molecule has 1 N–H and O–H groups in total. The number of carboxylic acids is 1. The average Bonchev–Trinajstić information content (AvgIpc) is 2.12. The van der Waals surface area contributed by atoms with Crippen molar-refractivity contribution in [1.82, 2.24) is 4.31 Å². The molecule has 17 heavy (non-hydrogen) atoms. The van der Waals surface area contributed by atoms with Crippen LogP contribution in [-0.4, -0.2) is 42.6 Å². The Morgan fingerprint density at radius 3 is 1.82 bits per heavy atom. The molecular weight excluding hydrogens is 242 g/mol. The van der Waals surface area contributed by atoms with E-state index in [1.54, 1.807) is 0 Å². The number of rotatable bonds is 8. The van der Waals surface area contributed by atoms with Crippen LogP contribution in [0.3, 0.4) is 0 Å². The van der Waals surface area contributed by atoms with Gasteiger partial charge in [-0.3, -0.25) is 4.79 Å². The van der Waals surface area contributed by atoms with Crippen molar-refractivity contribution < 1.29 is 18.3 Å². The molecule has 0 unspecified atom stereocenters. The molecule has 6 heteroatoms. The quantitative estimate of drug-likeness (QED) is 0.720. The van der Waals surface area contributed by atoms with Crippen LogP contribution in [-0.2, 0) is 14.8 Å². The Morgan fingerprint density at radius 1 is 1.12 bits per heavy atom. The van der Waals surface area contributed by atoms with Crippen molar-refractivity contribution in [2.75, 3.05) is 18.8 Å². The summed E-state index contributed by atoms with van der Waals surface area (Å²) in [6.45, 7) is 8.67. The maximum absolute atomic E-state index is 12.0. The molecule has 0 aliphatic rings. The maximum Gasteiger partial charge on any atom is 0.304 e. The third-order valence-corrected chi connectivity index (χ3v) is 3.91. The highest BCUT2D eigenvalue weighted by Crippen LogP contribution is 2.11. The van der Waals surface area contributed by atoms with Crippen molar-refractivity contribution in [2.24, 2.45) is 11.8 Å².